The average molecular weight is 398 g/mol. The van der Waals surface area contributed by atoms with Crippen molar-refractivity contribution in [2.75, 3.05) is 13.1 Å². The Morgan fingerprint density at radius 2 is 1.89 bits per heavy atom. The Morgan fingerprint density at radius 1 is 1.07 bits per heavy atom. The molecule has 0 aliphatic carbocycles. The van der Waals surface area contributed by atoms with Crippen LogP contribution in [0.4, 0.5) is 8.78 Å². The molecule has 3 aromatic rings. The maximum absolute atomic E-state index is 13.4. The molecule has 0 bridgehead atoms. The number of carbonyl (C=O) groups is 1. The van der Waals surface area contributed by atoms with E-state index in [0.717, 1.165) is 31.6 Å². The fraction of sp³-hybridized carbons (Fsp3) is 0.227. The molecule has 6 heteroatoms. The van der Waals surface area contributed by atoms with E-state index in [9.17, 15) is 13.6 Å². The topological polar surface area (TPSA) is 32.3 Å². The van der Waals surface area contributed by atoms with Gasteiger partial charge in [0.05, 0.1) is 6.04 Å². The molecule has 2 heterocycles. The van der Waals surface area contributed by atoms with Crippen LogP contribution >= 0.6 is 11.3 Å². The van der Waals surface area contributed by atoms with Crippen LogP contribution < -0.4 is 5.32 Å². The lowest BCUT2D eigenvalue weighted by Gasteiger charge is -2.35. The number of fused-ring (bicyclic) bond motifs is 1. The first kappa shape index (κ1) is 18.8. The quantitative estimate of drug-likeness (QED) is 0.684. The summed E-state index contributed by atoms with van der Waals surface area (Å²) in [4.78, 5) is 16.0. The van der Waals surface area contributed by atoms with E-state index in [-0.39, 0.29) is 11.6 Å². The second-order valence-electron chi connectivity index (χ2n) is 6.86. The van der Waals surface area contributed by atoms with Crippen LogP contribution in [0.1, 0.15) is 32.4 Å². The second kappa shape index (κ2) is 8.20. The minimum Gasteiger partial charge on any atom is -0.350 e. The van der Waals surface area contributed by atoms with Crippen LogP contribution in [-0.4, -0.2) is 23.9 Å². The zero-order valence-electron chi connectivity index (χ0n) is 15.2. The molecule has 2 aromatic carbocycles. The molecule has 0 spiro atoms. The fourth-order valence-corrected chi connectivity index (χ4v) is 4.46. The zero-order valence-corrected chi connectivity index (χ0v) is 16.0. The van der Waals surface area contributed by atoms with Crippen molar-refractivity contribution in [3.8, 4) is 0 Å². The van der Waals surface area contributed by atoms with E-state index in [2.05, 4.69) is 34.5 Å². The van der Waals surface area contributed by atoms with Crippen molar-refractivity contribution >= 4 is 17.2 Å². The molecule has 0 saturated carbocycles. The number of hydrogen-bond donors (Lipinski definition) is 1. The summed E-state index contributed by atoms with van der Waals surface area (Å²) >= 11 is 1.66. The predicted molar refractivity (Wildman–Crippen MR) is 106 cm³/mol. The minimum atomic E-state index is -1.02. The van der Waals surface area contributed by atoms with Gasteiger partial charge in [-0.1, -0.05) is 30.3 Å². The van der Waals surface area contributed by atoms with Crippen molar-refractivity contribution in [3.63, 3.8) is 0 Å². The molecule has 28 heavy (non-hydrogen) atoms. The van der Waals surface area contributed by atoms with E-state index in [4.69, 9.17) is 0 Å². The van der Waals surface area contributed by atoms with Crippen molar-refractivity contribution < 1.29 is 13.6 Å². The van der Waals surface area contributed by atoms with Gasteiger partial charge >= 0.3 is 0 Å². The molecule has 0 fully saturated rings. The van der Waals surface area contributed by atoms with Crippen LogP contribution in [0.25, 0.3) is 0 Å². The van der Waals surface area contributed by atoms with Crippen LogP contribution in [0.15, 0.2) is 60.0 Å². The van der Waals surface area contributed by atoms with E-state index in [1.165, 1.54) is 22.1 Å². The maximum Gasteiger partial charge on any atom is 0.251 e. The third-order valence-electron chi connectivity index (χ3n) is 5.11. The third kappa shape index (κ3) is 3.98. The Kier molecular flexibility index (Phi) is 5.50. The molecule has 0 radical (unpaired) electrons. The molecule has 0 saturated heterocycles. The number of carbonyl (C=O) groups excluding carboxylic acids is 1. The molecule has 1 aliphatic rings. The van der Waals surface area contributed by atoms with Gasteiger partial charge in [-0.2, -0.15) is 0 Å². The lowest BCUT2D eigenvalue weighted by atomic mass is 9.98. The lowest BCUT2D eigenvalue weighted by Crippen LogP contribution is -2.40. The number of hydrogen-bond acceptors (Lipinski definition) is 3. The van der Waals surface area contributed by atoms with E-state index >= 15 is 0 Å². The van der Waals surface area contributed by atoms with Crippen LogP contribution in [0, 0.1) is 11.6 Å². The summed E-state index contributed by atoms with van der Waals surface area (Å²) in [7, 11) is 0. The molecule has 1 amide bonds. The molecule has 0 unspecified atom stereocenters. The van der Waals surface area contributed by atoms with Gasteiger partial charge in [0.25, 0.3) is 5.91 Å². The maximum atomic E-state index is 13.4. The van der Waals surface area contributed by atoms with Crippen molar-refractivity contribution in [1.29, 1.82) is 0 Å². The number of thiophene rings is 1. The van der Waals surface area contributed by atoms with Gasteiger partial charge in [0, 0.05) is 30.1 Å². The summed E-state index contributed by atoms with van der Waals surface area (Å²) in [6, 6.07) is 15.7. The van der Waals surface area contributed by atoms with Crippen LogP contribution in [0.3, 0.4) is 0 Å². The monoisotopic (exact) mass is 398 g/mol. The smallest absolute Gasteiger partial charge is 0.251 e. The Bertz CT molecular complexity index is 974. The third-order valence-corrected chi connectivity index (χ3v) is 6.08. The van der Waals surface area contributed by atoms with Gasteiger partial charge in [0.2, 0.25) is 0 Å². The first-order chi connectivity index (χ1) is 13.6. The van der Waals surface area contributed by atoms with Crippen LogP contribution in [0.5, 0.6) is 0 Å². The second-order valence-corrected chi connectivity index (χ2v) is 7.84. The first-order valence-corrected chi connectivity index (χ1v) is 10.1. The number of amides is 1. The Morgan fingerprint density at radius 3 is 2.64 bits per heavy atom. The Labute approximate surface area is 166 Å². The predicted octanol–water partition coefficient (Wildman–Crippen LogP) is 4.56. The van der Waals surface area contributed by atoms with Gasteiger partial charge < -0.3 is 5.32 Å². The van der Waals surface area contributed by atoms with Gasteiger partial charge in [-0.05, 0) is 47.2 Å². The van der Waals surface area contributed by atoms with Crippen molar-refractivity contribution in [3.05, 3.63) is 93.2 Å². The molecular formula is C22H20F2N2OS. The average Bonchev–Trinajstić information content (AvgIpc) is 3.24. The highest BCUT2D eigenvalue weighted by Gasteiger charge is 2.26. The zero-order chi connectivity index (χ0) is 19.5. The summed E-state index contributed by atoms with van der Waals surface area (Å²) in [5.41, 5.74) is 2.80. The van der Waals surface area contributed by atoms with E-state index < -0.39 is 17.5 Å². The van der Waals surface area contributed by atoms with Gasteiger partial charge in [0.1, 0.15) is 0 Å². The van der Waals surface area contributed by atoms with Gasteiger partial charge in [-0.3, -0.25) is 9.69 Å². The van der Waals surface area contributed by atoms with Gasteiger partial charge in [0.15, 0.2) is 11.6 Å². The summed E-state index contributed by atoms with van der Waals surface area (Å²) < 4.78 is 26.5. The van der Waals surface area contributed by atoms with Crippen molar-refractivity contribution in [1.82, 2.24) is 10.2 Å². The highest BCUT2D eigenvalue weighted by Crippen LogP contribution is 2.30. The highest BCUT2D eigenvalue weighted by molar-refractivity contribution is 7.10. The van der Waals surface area contributed by atoms with Crippen LogP contribution in [0.2, 0.25) is 0 Å². The number of rotatable bonds is 5. The molecule has 1 N–H and O–H groups in total. The molecule has 4 rings (SSSR count). The van der Waals surface area contributed by atoms with E-state index in [1.807, 2.05) is 17.5 Å². The number of nitrogens with one attached hydrogen (secondary N) is 1. The highest BCUT2D eigenvalue weighted by atomic mass is 32.1. The van der Waals surface area contributed by atoms with Crippen LogP contribution in [-0.2, 0) is 13.0 Å². The summed E-state index contributed by atoms with van der Waals surface area (Å²) in [6.07, 6.45) is 0.967. The summed E-state index contributed by atoms with van der Waals surface area (Å²) in [5, 5.41) is 4.92. The minimum absolute atomic E-state index is 0.0302. The molecule has 1 aliphatic heterocycles. The Balaban J connectivity index is 1.50. The number of halogens is 2. The van der Waals surface area contributed by atoms with Crippen molar-refractivity contribution in [2.45, 2.75) is 19.0 Å². The number of nitrogens with zero attached hydrogens (tertiary/aromatic N) is 1. The van der Waals surface area contributed by atoms with Crippen molar-refractivity contribution in [2.24, 2.45) is 0 Å². The standard InChI is InChI=1S/C22H20F2N2OS/c23-18-8-7-16(12-19(18)24)22(27)25-13-20(21-6-3-11-28-21)26-10-9-15-4-1-2-5-17(15)14-26/h1-8,11-12,20H,9-10,13-14H2,(H,25,27)/t20-/m0/s1. The largest absolute Gasteiger partial charge is 0.350 e. The molecular weight excluding hydrogens is 378 g/mol. The molecule has 1 atom stereocenters. The molecule has 144 valence electrons. The molecule has 3 nitrogen and oxygen atoms in total. The van der Waals surface area contributed by atoms with E-state index in [0.29, 0.717) is 6.54 Å². The molecule has 1 aromatic heterocycles. The summed E-state index contributed by atoms with van der Waals surface area (Å²) in [5.74, 6) is -2.38. The normalized spacial score (nSPS) is 15.1. The lowest BCUT2D eigenvalue weighted by molar-refractivity contribution is 0.0928. The van der Waals surface area contributed by atoms with Gasteiger partial charge in [-0.25, -0.2) is 8.78 Å². The SMILES string of the molecule is O=C(NC[C@@H](c1cccs1)N1CCc2ccccc2C1)c1ccc(F)c(F)c1. The number of benzene rings is 2. The van der Waals surface area contributed by atoms with E-state index in [1.54, 1.807) is 11.3 Å². The first-order valence-electron chi connectivity index (χ1n) is 9.19. The van der Waals surface area contributed by atoms with Gasteiger partial charge in [-0.15, -0.1) is 11.3 Å². The Hall–Kier alpha value is -2.57. The summed E-state index contributed by atoms with van der Waals surface area (Å²) in [6.45, 7) is 2.13. The fourth-order valence-electron chi connectivity index (χ4n) is 3.60.